The number of nitrogens with two attached hydrogens (primary N) is 1. The molecule has 0 radical (unpaired) electrons. The van der Waals surface area contributed by atoms with Crippen molar-refractivity contribution in [1.82, 2.24) is 9.97 Å². The second-order valence-corrected chi connectivity index (χ2v) is 3.99. The number of aryl methyl sites for hydroxylation is 1. The summed E-state index contributed by atoms with van der Waals surface area (Å²) in [4.78, 5) is 8.86. The molecule has 2 aromatic rings. The van der Waals surface area contributed by atoms with E-state index in [0.29, 0.717) is 19.0 Å². The van der Waals surface area contributed by atoms with E-state index in [0.717, 1.165) is 22.7 Å². The smallest absolute Gasteiger partial charge is 0.159 e. The first kappa shape index (κ1) is 12.5. The Morgan fingerprint density at radius 2 is 2.06 bits per heavy atom. The second-order valence-electron chi connectivity index (χ2n) is 3.99. The number of rotatable bonds is 4. The van der Waals surface area contributed by atoms with Crippen molar-refractivity contribution in [1.29, 1.82) is 0 Å². The third kappa shape index (κ3) is 2.84. The van der Waals surface area contributed by atoms with Crippen molar-refractivity contribution in [3.63, 3.8) is 0 Å². The van der Waals surface area contributed by atoms with Gasteiger partial charge in [-0.25, -0.2) is 9.97 Å². The van der Waals surface area contributed by atoms with Crippen LogP contribution in [0.15, 0.2) is 30.3 Å². The van der Waals surface area contributed by atoms with Crippen LogP contribution < -0.4 is 10.5 Å². The van der Waals surface area contributed by atoms with Crippen LogP contribution in [0.4, 0.5) is 0 Å². The highest BCUT2D eigenvalue weighted by Crippen LogP contribution is 2.21. The van der Waals surface area contributed by atoms with Crippen molar-refractivity contribution < 1.29 is 4.74 Å². The summed E-state index contributed by atoms with van der Waals surface area (Å²) in [5.74, 6) is 1.52. The summed E-state index contributed by atoms with van der Waals surface area (Å²) >= 11 is 0. The van der Waals surface area contributed by atoms with Crippen molar-refractivity contribution in [3.8, 4) is 17.1 Å². The van der Waals surface area contributed by atoms with Crippen LogP contribution in [0.5, 0.6) is 5.75 Å². The Balaban J connectivity index is 2.41. The van der Waals surface area contributed by atoms with Gasteiger partial charge < -0.3 is 10.5 Å². The molecule has 0 fully saturated rings. The van der Waals surface area contributed by atoms with Gasteiger partial charge in [0.15, 0.2) is 5.82 Å². The molecule has 18 heavy (non-hydrogen) atoms. The van der Waals surface area contributed by atoms with Gasteiger partial charge in [-0.15, -0.1) is 0 Å². The van der Waals surface area contributed by atoms with E-state index in [2.05, 4.69) is 9.97 Å². The van der Waals surface area contributed by atoms with Crippen LogP contribution in [0, 0.1) is 6.92 Å². The molecule has 0 amide bonds. The molecule has 0 saturated carbocycles. The number of hydrogen-bond acceptors (Lipinski definition) is 4. The second kappa shape index (κ2) is 5.60. The predicted octanol–water partition coefficient (Wildman–Crippen LogP) is 2.31. The maximum atomic E-state index is 5.63. The third-order valence-corrected chi connectivity index (χ3v) is 2.52. The van der Waals surface area contributed by atoms with Gasteiger partial charge >= 0.3 is 0 Å². The van der Waals surface area contributed by atoms with Gasteiger partial charge in [-0.3, -0.25) is 0 Å². The molecule has 0 aliphatic carbocycles. The highest BCUT2D eigenvalue weighted by Gasteiger charge is 2.05. The fraction of sp³-hybridized carbons (Fsp3) is 0.286. The van der Waals surface area contributed by atoms with Crippen molar-refractivity contribution in [2.75, 3.05) is 6.61 Å². The summed E-state index contributed by atoms with van der Waals surface area (Å²) in [5.41, 5.74) is 8.34. The molecule has 0 spiro atoms. The average molecular weight is 243 g/mol. The predicted molar refractivity (Wildman–Crippen MR) is 71.3 cm³/mol. The molecule has 1 heterocycles. The fourth-order valence-electron chi connectivity index (χ4n) is 1.76. The Bertz CT molecular complexity index is 540. The Morgan fingerprint density at radius 1 is 1.22 bits per heavy atom. The van der Waals surface area contributed by atoms with Crippen molar-refractivity contribution >= 4 is 0 Å². The molecule has 4 heteroatoms. The van der Waals surface area contributed by atoms with E-state index >= 15 is 0 Å². The van der Waals surface area contributed by atoms with Crippen LogP contribution in [-0.4, -0.2) is 16.6 Å². The van der Waals surface area contributed by atoms with E-state index < -0.39 is 0 Å². The lowest BCUT2D eigenvalue weighted by Crippen LogP contribution is -2.03. The molecular weight excluding hydrogens is 226 g/mol. The van der Waals surface area contributed by atoms with Gasteiger partial charge in [0.2, 0.25) is 0 Å². The lowest BCUT2D eigenvalue weighted by molar-refractivity contribution is 0.340. The Kier molecular flexibility index (Phi) is 3.89. The number of ether oxygens (including phenoxy) is 1. The average Bonchev–Trinajstić information content (AvgIpc) is 2.39. The van der Waals surface area contributed by atoms with E-state index in [-0.39, 0.29) is 0 Å². The van der Waals surface area contributed by atoms with Crippen LogP contribution in [0.2, 0.25) is 0 Å². The number of benzene rings is 1. The quantitative estimate of drug-likeness (QED) is 0.895. The van der Waals surface area contributed by atoms with E-state index in [1.54, 1.807) is 0 Å². The van der Waals surface area contributed by atoms with E-state index in [4.69, 9.17) is 10.5 Å². The first-order valence-corrected chi connectivity index (χ1v) is 6.00. The SMILES string of the molecule is CCOc1cccc(-c2nc(C)cc(CN)n2)c1. The fourth-order valence-corrected chi connectivity index (χ4v) is 1.76. The topological polar surface area (TPSA) is 61.0 Å². The maximum Gasteiger partial charge on any atom is 0.159 e. The Labute approximate surface area is 107 Å². The van der Waals surface area contributed by atoms with Gasteiger partial charge in [-0.2, -0.15) is 0 Å². The van der Waals surface area contributed by atoms with Crippen LogP contribution >= 0.6 is 0 Å². The highest BCUT2D eigenvalue weighted by molar-refractivity contribution is 5.57. The van der Waals surface area contributed by atoms with E-state index in [1.807, 2.05) is 44.2 Å². The van der Waals surface area contributed by atoms with Crippen molar-refractivity contribution in [3.05, 3.63) is 41.7 Å². The summed E-state index contributed by atoms with van der Waals surface area (Å²) in [6, 6.07) is 9.67. The minimum Gasteiger partial charge on any atom is -0.494 e. The normalized spacial score (nSPS) is 10.4. The minimum atomic E-state index is 0.418. The van der Waals surface area contributed by atoms with Crippen molar-refractivity contribution in [2.45, 2.75) is 20.4 Å². The van der Waals surface area contributed by atoms with Crippen molar-refractivity contribution in [2.24, 2.45) is 5.73 Å². The molecule has 0 aliphatic rings. The van der Waals surface area contributed by atoms with E-state index in [1.165, 1.54) is 0 Å². The Morgan fingerprint density at radius 3 is 2.78 bits per heavy atom. The van der Waals surface area contributed by atoms with Gasteiger partial charge in [0, 0.05) is 17.8 Å². The summed E-state index contributed by atoms with van der Waals surface area (Å²) < 4.78 is 5.47. The van der Waals surface area contributed by atoms with Crippen LogP contribution in [0.3, 0.4) is 0 Å². The molecular formula is C14H17N3O. The molecule has 1 aromatic carbocycles. The minimum absolute atomic E-state index is 0.418. The largest absolute Gasteiger partial charge is 0.494 e. The zero-order valence-electron chi connectivity index (χ0n) is 10.7. The summed E-state index contributed by atoms with van der Waals surface area (Å²) in [6.45, 7) is 4.97. The third-order valence-electron chi connectivity index (χ3n) is 2.52. The molecule has 0 unspecified atom stereocenters. The van der Waals surface area contributed by atoms with E-state index in [9.17, 15) is 0 Å². The monoisotopic (exact) mass is 243 g/mol. The molecule has 2 N–H and O–H groups in total. The van der Waals surface area contributed by atoms with Crippen LogP contribution in [0.25, 0.3) is 11.4 Å². The number of aromatic nitrogens is 2. The standard InChI is InChI=1S/C14H17N3O/c1-3-18-13-6-4-5-11(8-13)14-16-10(2)7-12(9-15)17-14/h4-8H,3,9,15H2,1-2H3. The lowest BCUT2D eigenvalue weighted by Gasteiger charge is -2.07. The maximum absolute atomic E-state index is 5.63. The first-order valence-electron chi connectivity index (χ1n) is 6.00. The number of hydrogen-bond donors (Lipinski definition) is 1. The van der Waals surface area contributed by atoms with Gasteiger partial charge in [0.25, 0.3) is 0 Å². The zero-order chi connectivity index (χ0) is 13.0. The van der Waals surface area contributed by atoms with Gasteiger partial charge in [0.1, 0.15) is 5.75 Å². The van der Waals surface area contributed by atoms with Gasteiger partial charge in [0.05, 0.1) is 12.3 Å². The molecule has 0 atom stereocenters. The molecule has 94 valence electrons. The zero-order valence-corrected chi connectivity index (χ0v) is 10.7. The summed E-state index contributed by atoms with van der Waals surface area (Å²) in [6.07, 6.45) is 0. The highest BCUT2D eigenvalue weighted by atomic mass is 16.5. The molecule has 4 nitrogen and oxygen atoms in total. The van der Waals surface area contributed by atoms with Crippen LogP contribution in [0.1, 0.15) is 18.3 Å². The van der Waals surface area contributed by atoms with Crippen LogP contribution in [-0.2, 0) is 6.54 Å². The van der Waals surface area contributed by atoms with Gasteiger partial charge in [-0.1, -0.05) is 12.1 Å². The van der Waals surface area contributed by atoms with Gasteiger partial charge in [-0.05, 0) is 32.0 Å². The summed E-state index contributed by atoms with van der Waals surface area (Å²) in [7, 11) is 0. The number of nitrogens with zero attached hydrogens (tertiary/aromatic N) is 2. The lowest BCUT2D eigenvalue weighted by atomic mass is 10.2. The summed E-state index contributed by atoms with van der Waals surface area (Å²) in [5, 5.41) is 0. The Hall–Kier alpha value is -1.94. The first-order chi connectivity index (χ1) is 8.72. The molecule has 0 bridgehead atoms. The molecule has 0 saturated heterocycles. The molecule has 2 rings (SSSR count). The molecule has 0 aliphatic heterocycles. The molecule has 1 aromatic heterocycles.